The van der Waals surface area contributed by atoms with Gasteiger partial charge in [-0.1, -0.05) is 0 Å². The summed E-state index contributed by atoms with van der Waals surface area (Å²) in [6, 6.07) is 1.90. The van der Waals surface area contributed by atoms with E-state index in [4.69, 9.17) is 0 Å². The minimum atomic E-state index is -4.63. The first kappa shape index (κ1) is 16.1. The van der Waals surface area contributed by atoms with Crippen LogP contribution in [0.15, 0.2) is 18.2 Å². The molecule has 0 aliphatic carbocycles. The molecule has 0 bridgehead atoms. The smallest absolute Gasteiger partial charge is 0.315 e. The van der Waals surface area contributed by atoms with Gasteiger partial charge in [0.1, 0.15) is 11.6 Å². The largest absolute Gasteiger partial charge is 0.451 e. The maximum Gasteiger partial charge on any atom is 0.451 e. The van der Waals surface area contributed by atoms with Crippen molar-refractivity contribution in [3.63, 3.8) is 0 Å². The lowest BCUT2D eigenvalue weighted by atomic mass is 10.3. The van der Waals surface area contributed by atoms with Gasteiger partial charge < -0.3 is 14.8 Å². The number of amides is 2. The predicted molar refractivity (Wildman–Crippen MR) is 70.8 cm³/mol. The quantitative estimate of drug-likeness (QED) is 0.807. The number of nitrogens with one attached hydrogen (secondary N) is 1. The van der Waals surface area contributed by atoms with Gasteiger partial charge in [0.05, 0.1) is 12.2 Å². The molecule has 1 aromatic carbocycles. The number of fused-ring (bicyclic) bond motifs is 1. The predicted octanol–water partition coefficient (Wildman–Crippen LogP) is 2.62. The zero-order valence-corrected chi connectivity index (χ0v) is 11.9. The molecule has 1 aliphatic rings. The van der Waals surface area contributed by atoms with Crippen LogP contribution in [0.4, 0.5) is 32.4 Å². The number of halogens is 5. The van der Waals surface area contributed by atoms with Gasteiger partial charge in [-0.2, -0.15) is 13.2 Å². The summed E-state index contributed by atoms with van der Waals surface area (Å²) in [4.78, 5) is 13.3. The third-order valence-electron chi connectivity index (χ3n) is 3.47. The number of anilines is 1. The summed E-state index contributed by atoms with van der Waals surface area (Å²) in [6.45, 7) is -0.392. The minimum Gasteiger partial charge on any atom is -0.315 e. The standard InChI is InChI=1S/C13H10F5N5O/c14-7-1-2-9(8(15)5-7)19-12(24)22-3-4-23-10(6-22)20-21-11(23)13(16,17)18/h1-2,5H,3-4,6H2,(H,19,24). The lowest BCUT2D eigenvalue weighted by Crippen LogP contribution is -2.41. The van der Waals surface area contributed by atoms with Gasteiger partial charge in [0.2, 0.25) is 5.82 Å². The Bertz CT molecular complexity index is 788. The number of carbonyl (C=O) groups excluding carboxylic acids is 1. The van der Waals surface area contributed by atoms with Gasteiger partial charge in [-0.3, -0.25) is 0 Å². The molecule has 3 rings (SSSR count). The number of nitrogens with zero attached hydrogens (tertiary/aromatic N) is 4. The van der Waals surface area contributed by atoms with Gasteiger partial charge in [-0.05, 0) is 12.1 Å². The molecule has 128 valence electrons. The molecule has 2 heterocycles. The molecule has 0 spiro atoms. The van der Waals surface area contributed by atoms with Crippen LogP contribution < -0.4 is 5.32 Å². The fraction of sp³-hybridized carbons (Fsp3) is 0.308. The topological polar surface area (TPSA) is 63.1 Å². The third kappa shape index (κ3) is 3.01. The molecular weight excluding hydrogens is 337 g/mol. The van der Waals surface area contributed by atoms with Gasteiger partial charge in [-0.25, -0.2) is 13.6 Å². The Morgan fingerprint density at radius 2 is 1.92 bits per heavy atom. The zero-order chi connectivity index (χ0) is 17.5. The molecule has 0 saturated heterocycles. The summed E-state index contributed by atoms with van der Waals surface area (Å²) in [5, 5.41) is 8.78. The number of carbonyl (C=O) groups is 1. The monoisotopic (exact) mass is 347 g/mol. The average Bonchev–Trinajstić information content (AvgIpc) is 2.93. The van der Waals surface area contributed by atoms with Gasteiger partial charge in [-0.15, -0.1) is 10.2 Å². The highest BCUT2D eigenvalue weighted by molar-refractivity contribution is 5.89. The van der Waals surface area contributed by atoms with Crippen molar-refractivity contribution < 1.29 is 26.7 Å². The molecule has 1 aliphatic heterocycles. The van der Waals surface area contributed by atoms with Crippen molar-refractivity contribution in [2.24, 2.45) is 0 Å². The molecule has 24 heavy (non-hydrogen) atoms. The lowest BCUT2D eigenvalue weighted by molar-refractivity contribution is -0.147. The van der Waals surface area contributed by atoms with E-state index in [2.05, 4.69) is 15.5 Å². The molecule has 2 aromatic rings. The highest BCUT2D eigenvalue weighted by Crippen LogP contribution is 2.29. The van der Waals surface area contributed by atoms with Gasteiger partial charge >= 0.3 is 12.2 Å². The van der Waals surface area contributed by atoms with E-state index in [-0.39, 0.29) is 31.1 Å². The van der Waals surface area contributed by atoms with E-state index in [9.17, 15) is 26.7 Å². The third-order valence-corrected chi connectivity index (χ3v) is 3.47. The van der Waals surface area contributed by atoms with E-state index in [1.54, 1.807) is 0 Å². The Labute approximate surface area is 131 Å². The molecule has 0 unspecified atom stereocenters. The number of benzene rings is 1. The highest BCUT2D eigenvalue weighted by Gasteiger charge is 2.39. The maximum absolute atomic E-state index is 13.5. The SMILES string of the molecule is O=C(Nc1ccc(F)cc1F)N1CCn2c(nnc2C(F)(F)F)C1. The van der Waals surface area contributed by atoms with Gasteiger partial charge in [0.25, 0.3) is 0 Å². The second-order valence-corrected chi connectivity index (χ2v) is 5.07. The van der Waals surface area contributed by atoms with Gasteiger partial charge in [0.15, 0.2) is 5.82 Å². The van der Waals surface area contributed by atoms with Crippen LogP contribution in [0.3, 0.4) is 0 Å². The number of urea groups is 1. The van der Waals surface area contributed by atoms with Crippen LogP contribution in [0, 0.1) is 11.6 Å². The lowest BCUT2D eigenvalue weighted by Gasteiger charge is -2.28. The first-order valence-corrected chi connectivity index (χ1v) is 6.76. The molecule has 6 nitrogen and oxygen atoms in total. The second kappa shape index (κ2) is 5.73. The van der Waals surface area contributed by atoms with Crippen molar-refractivity contribution in [1.29, 1.82) is 0 Å². The fourth-order valence-electron chi connectivity index (χ4n) is 2.33. The fourth-order valence-corrected chi connectivity index (χ4v) is 2.33. The number of alkyl halides is 3. The van der Waals surface area contributed by atoms with E-state index in [1.165, 1.54) is 0 Å². The molecule has 0 fully saturated rings. The average molecular weight is 347 g/mol. The zero-order valence-electron chi connectivity index (χ0n) is 11.9. The Morgan fingerprint density at radius 1 is 1.17 bits per heavy atom. The van der Waals surface area contributed by atoms with Crippen LogP contribution in [0.5, 0.6) is 0 Å². The summed E-state index contributed by atoms with van der Waals surface area (Å²) < 4.78 is 65.5. The normalized spacial score (nSPS) is 14.5. The van der Waals surface area contributed by atoms with Crippen molar-refractivity contribution in [2.75, 3.05) is 11.9 Å². The summed E-state index contributed by atoms with van der Waals surface area (Å²) >= 11 is 0. The summed E-state index contributed by atoms with van der Waals surface area (Å²) in [7, 11) is 0. The van der Waals surface area contributed by atoms with Crippen LogP contribution in [0.1, 0.15) is 11.6 Å². The van der Waals surface area contributed by atoms with E-state index >= 15 is 0 Å². The van der Waals surface area contributed by atoms with E-state index in [0.29, 0.717) is 6.07 Å². The summed E-state index contributed by atoms with van der Waals surface area (Å²) in [6.07, 6.45) is -4.63. The number of hydrogen-bond donors (Lipinski definition) is 1. The van der Waals surface area contributed by atoms with Crippen molar-refractivity contribution >= 4 is 11.7 Å². The van der Waals surface area contributed by atoms with Crippen molar-refractivity contribution in [2.45, 2.75) is 19.3 Å². The highest BCUT2D eigenvalue weighted by atomic mass is 19.4. The minimum absolute atomic E-state index is 0.0247. The van der Waals surface area contributed by atoms with E-state index in [1.807, 2.05) is 0 Å². The molecule has 1 N–H and O–H groups in total. The Hall–Kier alpha value is -2.72. The molecule has 0 radical (unpaired) electrons. The van der Waals surface area contributed by atoms with Crippen LogP contribution in [-0.4, -0.2) is 32.2 Å². The summed E-state index contributed by atoms with van der Waals surface area (Å²) in [5.41, 5.74) is -0.232. The number of hydrogen-bond acceptors (Lipinski definition) is 3. The second-order valence-electron chi connectivity index (χ2n) is 5.07. The van der Waals surface area contributed by atoms with Crippen LogP contribution in [0.25, 0.3) is 0 Å². The van der Waals surface area contributed by atoms with Crippen LogP contribution in [-0.2, 0) is 19.3 Å². The van der Waals surface area contributed by atoms with Crippen molar-refractivity contribution in [3.05, 3.63) is 41.5 Å². The molecule has 1 aromatic heterocycles. The van der Waals surface area contributed by atoms with E-state index in [0.717, 1.165) is 21.6 Å². The van der Waals surface area contributed by atoms with E-state index < -0.39 is 29.7 Å². The van der Waals surface area contributed by atoms with Crippen molar-refractivity contribution in [3.8, 4) is 0 Å². The molecule has 11 heteroatoms. The number of rotatable bonds is 1. The molecule has 0 atom stereocenters. The first-order valence-electron chi connectivity index (χ1n) is 6.76. The van der Waals surface area contributed by atoms with Crippen LogP contribution >= 0.6 is 0 Å². The Balaban J connectivity index is 1.73. The van der Waals surface area contributed by atoms with Crippen molar-refractivity contribution in [1.82, 2.24) is 19.7 Å². The number of aromatic nitrogens is 3. The van der Waals surface area contributed by atoms with Gasteiger partial charge in [0, 0.05) is 19.2 Å². The summed E-state index contributed by atoms with van der Waals surface area (Å²) in [5.74, 6) is -2.90. The Kier molecular flexibility index (Phi) is 3.85. The molecular formula is C13H10F5N5O. The Morgan fingerprint density at radius 3 is 2.58 bits per heavy atom. The maximum atomic E-state index is 13.5. The molecule has 0 saturated carbocycles. The molecule has 2 amide bonds. The van der Waals surface area contributed by atoms with Crippen LogP contribution in [0.2, 0.25) is 0 Å². The first-order chi connectivity index (χ1) is 11.3.